The van der Waals surface area contributed by atoms with Crippen LogP contribution in [0.1, 0.15) is 46.7 Å². The number of aromatic carboxylic acids is 1. The SMILES string of the molecule is Cc1c(N2CCC(CN)(C(F)(F)F)C2)c(F)cn2c(=O)c(C(=O)O)cc(C3CC3)c12. The van der Waals surface area contributed by atoms with Gasteiger partial charge in [-0.3, -0.25) is 9.20 Å². The van der Waals surface area contributed by atoms with Crippen LogP contribution < -0.4 is 16.2 Å². The average Bonchev–Trinajstić information content (AvgIpc) is 3.40. The molecule has 2 aromatic rings. The first-order chi connectivity index (χ1) is 14.0. The van der Waals surface area contributed by atoms with Gasteiger partial charge < -0.3 is 15.7 Å². The zero-order valence-corrected chi connectivity index (χ0v) is 16.2. The molecule has 0 bridgehead atoms. The quantitative estimate of drug-likeness (QED) is 0.733. The first-order valence-corrected chi connectivity index (χ1v) is 9.64. The Morgan fingerprint density at radius 2 is 2.03 bits per heavy atom. The highest BCUT2D eigenvalue weighted by molar-refractivity contribution is 5.89. The number of nitrogens with two attached hydrogens (primary N) is 1. The zero-order chi connectivity index (χ0) is 22.0. The molecule has 2 aromatic heterocycles. The number of carboxylic acids is 1. The summed E-state index contributed by atoms with van der Waals surface area (Å²) >= 11 is 0. The summed E-state index contributed by atoms with van der Waals surface area (Å²) in [6.45, 7) is 0.448. The second kappa shape index (κ2) is 6.69. The Morgan fingerprint density at radius 3 is 2.53 bits per heavy atom. The van der Waals surface area contributed by atoms with E-state index in [-0.39, 0.29) is 24.6 Å². The lowest BCUT2D eigenvalue weighted by atomic mass is 9.86. The van der Waals surface area contributed by atoms with Crippen LogP contribution in [0.2, 0.25) is 0 Å². The highest BCUT2D eigenvalue weighted by Crippen LogP contribution is 2.48. The summed E-state index contributed by atoms with van der Waals surface area (Å²) in [6.07, 6.45) is -2.30. The second-order valence-corrected chi connectivity index (χ2v) is 8.22. The Bertz CT molecular complexity index is 1110. The molecule has 1 unspecified atom stereocenters. The average molecular weight is 427 g/mol. The summed E-state index contributed by atoms with van der Waals surface area (Å²) in [5, 5.41) is 9.34. The molecule has 1 saturated carbocycles. The molecule has 1 aliphatic heterocycles. The van der Waals surface area contributed by atoms with E-state index in [0.29, 0.717) is 16.6 Å². The van der Waals surface area contributed by atoms with Gasteiger partial charge >= 0.3 is 12.1 Å². The number of halogens is 4. The van der Waals surface area contributed by atoms with Crippen LogP contribution >= 0.6 is 0 Å². The number of hydrogen-bond acceptors (Lipinski definition) is 4. The van der Waals surface area contributed by atoms with Gasteiger partial charge in [0.2, 0.25) is 0 Å². The van der Waals surface area contributed by atoms with Gasteiger partial charge in [0.15, 0.2) is 5.82 Å². The van der Waals surface area contributed by atoms with Crippen molar-refractivity contribution < 1.29 is 27.5 Å². The highest BCUT2D eigenvalue weighted by atomic mass is 19.4. The number of alkyl halides is 3. The number of anilines is 1. The van der Waals surface area contributed by atoms with E-state index in [0.717, 1.165) is 23.4 Å². The molecular weight excluding hydrogens is 406 g/mol. The van der Waals surface area contributed by atoms with Crippen LogP contribution in [0, 0.1) is 18.2 Å². The van der Waals surface area contributed by atoms with Crippen LogP contribution in [-0.4, -0.2) is 41.3 Å². The number of pyridine rings is 2. The van der Waals surface area contributed by atoms with Crippen LogP contribution in [0.3, 0.4) is 0 Å². The number of carbonyl (C=O) groups is 1. The van der Waals surface area contributed by atoms with Crippen molar-refractivity contribution >= 4 is 17.2 Å². The molecule has 2 aliphatic rings. The molecule has 3 N–H and O–H groups in total. The van der Waals surface area contributed by atoms with E-state index in [1.165, 1.54) is 11.0 Å². The number of rotatable bonds is 4. The molecule has 162 valence electrons. The third-order valence-electron chi connectivity index (χ3n) is 6.35. The first kappa shape index (κ1) is 20.6. The van der Waals surface area contributed by atoms with Crippen LogP contribution in [0.25, 0.3) is 5.52 Å². The van der Waals surface area contributed by atoms with Crippen molar-refractivity contribution in [3.8, 4) is 0 Å². The highest BCUT2D eigenvalue weighted by Gasteiger charge is 2.57. The van der Waals surface area contributed by atoms with Crippen LogP contribution in [-0.2, 0) is 0 Å². The third kappa shape index (κ3) is 2.96. The monoisotopic (exact) mass is 427 g/mol. The molecule has 0 amide bonds. The maximum absolute atomic E-state index is 15.1. The molecule has 0 spiro atoms. The molecule has 6 nitrogen and oxygen atoms in total. The molecule has 4 rings (SSSR count). The summed E-state index contributed by atoms with van der Waals surface area (Å²) in [5.74, 6) is -2.25. The smallest absolute Gasteiger partial charge is 0.397 e. The largest absolute Gasteiger partial charge is 0.477 e. The number of fused-ring (bicyclic) bond motifs is 1. The lowest BCUT2D eigenvalue weighted by Gasteiger charge is -2.31. The van der Waals surface area contributed by atoms with Gasteiger partial charge in [0.05, 0.1) is 22.8 Å². The van der Waals surface area contributed by atoms with Gasteiger partial charge in [0, 0.05) is 19.6 Å². The number of aryl methyl sites for hydroxylation is 1. The molecule has 30 heavy (non-hydrogen) atoms. The van der Waals surface area contributed by atoms with Gasteiger partial charge in [0.1, 0.15) is 5.56 Å². The third-order valence-corrected chi connectivity index (χ3v) is 6.35. The molecule has 0 aromatic carbocycles. The van der Waals surface area contributed by atoms with Crippen molar-refractivity contribution in [3.05, 3.63) is 45.1 Å². The minimum Gasteiger partial charge on any atom is -0.477 e. The topological polar surface area (TPSA) is 88.0 Å². The van der Waals surface area contributed by atoms with Crippen molar-refractivity contribution in [2.45, 2.75) is 38.3 Å². The molecule has 0 radical (unpaired) electrons. The van der Waals surface area contributed by atoms with E-state index >= 15 is 4.39 Å². The fourth-order valence-electron chi connectivity index (χ4n) is 4.47. The molecule has 1 aliphatic carbocycles. The van der Waals surface area contributed by atoms with Crippen molar-refractivity contribution in [1.29, 1.82) is 0 Å². The number of hydrogen-bond donors (Lipinski definition) is 2. The van der Waals surface area contributed by atoms with Crippen LogP contribution in [0.15, 0.2) is 17.1 Å². The number of nitrogens with zero attached hydrogens (tertiary/aromatic N) is 2. The summed E-state index contributed by atoms with van der Waals surface area (Å²) in [7, 11) is 0. The van der Waals surface area contributed by atoms with Crippen LogP contribution in [0.5, 0.6) is 0 Å². The van der Waals surface area contributed by atoms with Gasteiger partial charge in [-0.2, -0.15) is 13.2 Å². The Kier molecular flexibility index (Phi) is 4.61. The molecular formula is C20H21F4N3O3. The first-order valence-electron chi connectivity index (χ1n) is 9.64. The molecule has 2 fully saturated rings. The Balaban J connectivity index is 1.91. The van der Waals surface area contributed by atoms with Crippen molar-refractivity contribution in [2.75, 3.05) is 24.5 Å². The van der Waals surface area contributed by atoms with Gasteiger partial charge in [0.25, 0.3) is 5.56 Å². The summed E-state index contributed by atoms with van der Waals surface area (Å²) in [5.41, 5.74) is 3.29. The Labute approximate surface area is 168 Å². The van der Waals surface area contributed by atoms with E-state index in [9.17, 15) is 27.9 Å². The Hall–Kier alpha value is -2.62. The standard InChI is InChI=1S/C20H21F4N3O3/c1-10-15-12(11-2-3-11)6-13(18(29)30)17(28)27(15)7-14(21)16(10)26-5-4-19(8-25,9-26)20(22,23)24/h6-7,11H,2-5,8-9,25H2,1H3,(H,29,30). The van der Waals surface area contributed by atoms with Gasteiger partial charge in [-0.25, -0.2) is 9.18 Å². The molecule has 3 heterocycles. The zero-order valence-electron chi connectivity index (χ0n) is 16.2. The summed E-state index contributed by atoms with van der Waals surface area (Å²) in [6, 6.07) is 1.32. The molecule has 1 saturated heterocycles. The number of carboxylic acid groups (broad SMARTS) is 1. The minimum atomic E-state index is -4.52. The van der Waals surface area contributed by atoms with E-state index < -0.39 is 47.6 Å². The summed E-state index contributed by atoms with van der Waals surface area (Å²) < 4.78 is 56.9. The predicted octanol–water partition coefficient (Wildman–Crippen LogP) is 3.04. The summed E-state index contributed by atoms with van der Waals surface area (Å²) in [4.78, 5) is 25.4. The Morgan fingerprint density at radius 1 is 1.37 bits per heavy atom. The lowest BCUT2D eigenvalue weighted by molar-refractivity contribution is -0.212. The minimum absolute atomic E-state index is 0.000972. The normalized spacial score (nSPS) is 22.1. The maximum atomic E-state index is 15.1. The predicted molar refractivity (Wildman–Crippen MR) is 102 cm³/mol. The van der Waals surface area contributed by atoms with Crippen molar-refractivity contribution in [1.82, 2.24) is 4.40 Å². The van der Waals surface area contributed by atoms with E-state index in [4.69, 9.17) is 5.73 Å². The van der Waals surface area contributed by atoms with E-state index in [2.05, 4.69) is 0 Å². The van der Waals surface area contributed by atoms with E-state index in [1.807, 2.05) is 0 Å². The second-order valence-electron chi connectivity index (χ2n) is 8.22. The lowest BCUT2D eigenvalue weighted by Crippen LogP contribution is -2.46. The van der Waals surface area contributed by atoms with Crippen molar-refractivity contribution in [2.24, 2.45) is 11.1 Å². The maximum Gasteiger partial charge on any atom is 0.397 e. The molecule has 1 atom stereocenters. The number of aromatic nitrogens is 1. The fraction of sp³-hybridized carbons (Fsp3) is 0.500. The van der Waals surface area contributed by atoms with E-state index in [1.54, 1.807) is 6.92 Å². The van der Waals surface area contributed by atoms with Gasteiger partial charge in [-0.1, -0.05) is 0 Å². The molecule has 10 heteroatoms. The van der Waals surface area contributed by atoms with Gasteiger partial charge in [-0.05, 0) is 49.3 Å². The fourth-order valence-corrected chi connectivity index (χ4v) is 4.47. The van der Waals surface area contributed by atoms with Crippen LogP contribution in [0.4, 0.5) is 23.2 Å². The van der Waals surface area contributed by atoms with Crippen molar-refractivity contribution in [3.63, 3.8) is 0 Å². The van der Waals surface area contributed by atoms with Gasteiger partial charge in [-0.15, -0.1) is 0 Å².